The molecular formula is C17H26N2O2. The van der Waals surface area contributed by atoms with Gasteiger partial charge in [0.2, 0.25) is 5.91 Å². The Morgan fingerprint density at radius 1 is 1.43 bits per heavy atom. The number of carbonyl (C=O) groups excluding carboxylic acids is 1. The third-order valence-electron chi connectivity index (χ3n) is 3.83. The number of fused-ring (bicyclic) bond motifs is 1. The van der Waals surface area contributed by atoms with Gasteiger partial charge in [-0.05, 0) is 25.0 Å². The monoisotopic (exact) mass is 290 g/mol. The Balaban J connectivity index is 1.76. The normalized spacial score (nSPS) is 18.5. The van der Waals surface area contributed by atoms with E-state index in [1.807, 2.05) is 19.1 Å². The number of carbonyl (C=O) groups is 1. The van der Waals surface area contributed by atoms with Crippen molar-refractivity contribution in [3.05, 3.63) is 29.8 Å². The summed E-state index contributed by atoms with van der Waals surface area (Å²) >= 11 is 0. The molecule has 0 aliphatic carbocycles. The molecule has 2 unspecified atom stereocenters. The third kappa shape index (κ3) is 4.74. The van der Waals surface area contributed by atoms with Crippen LogP contribution in [0.2, 0.25) is 0 Å². The molecule has 0 radical (unpaired) electrons. The fourth-order valence-electron chi connectivity index (χ4n) is 2.59. The number of hydrogen-bond acceptors (Lipinski definition) is 3. The average molecular weight is 290 g/mol. The molecule has 0 fully saturated rings. The maximum absolute atomic E-state index is 12.0. The lowest BCUT2D eigenvalue weighted by Gasteiger charge is -2.28. The third-order valence-corrected chi connectivity index (χ3v) is 3.83. The fourth-order valence-corrected chi connectivity index (χ4v) is 2.59. The van der Waals surface area contributed by atoms with E-state index in [9.17, 15) is 4.79 Å². The van der Waals surface area contributed by atoms with E-state index in [1.54, 1.807) is 0 Å². The van der Waals surface area contributed by atoms with Gasteiger partial charge in [-0.2, -0.15) is 0 Å². The lowest BCUT2D eigenvalue weighted by molar-refractivity contribution is -0.134. The van der Waals surface area contributed by atoms with Crippen LogP contribution in [-0.2, 0) is 16.0 Å². The van der Waals surface area contributed by atoms with Gasteiger partial charge in [0.15, 0.2) is 0 Å². The number of amides is 1. The van der Waals surface area contributed by atoms with E-state index in [1.165, 1.54) is 11.3 Å². The minimum atomic E-state index is -0.399. The Bertz CT molecular complexity index is 462. The molecule has 0 aromatic heterocycles. The summed E-state index contributed by atoms with van der Waals surface area (Å²) in [5, 5.41) is 6.30. The van der Waals surface area contributed by atoms with E-state index in [-0.39, 0.29) is 12.0 Å². The largest absolute Gasteiger partial charge is 0.382 e. The highest BCUT2D eigenvalue weighted by Crippen LogP contribution is 2.22. The molecule has 1 aliphatic heterocycles. The zero-order chi connectivity index (χ0) is 15.1. The molecule has 21 heavy (non-hydrogen) atoms. The standard InChI is InChI=1S/C17H26N2O2/c1-3-4-7-10-18-17(20)13(2)21-15-11-14-8-5-6-9-16(14)19-12-15/h5-6,8-9,13,15,19H,3-4,7,10-12H2,1-2H3,(H,18,20). The summed E-state index contributed by atoms with van der Waals surface area (Å²) in [6.07, 6.45) is 3.86. The summed E-state index contributed by atoms with van der Waals surface area (Å²) in [5.41, 5.74) is 2.43. The molecule has 0 bridgehead atoms. The van der Waals surface area contributed by atoms with E-state index >= 15 is 0 Å². The Morgan fingerprint density at radius 2 is 2.24 bits per heavy atom. The molecular weight excluding hydrogens is 264 g/mol. The Labute approximate surface area is 127 Å². The number of benzene rings is 1. The lowest BCUT2D eigenvalue weighted by Crippen LogP contribution is -2.40. The molecule has 0 spiro atoms. The van der Waals surface area contributed by atoms with Crippen molar-refractivity contribution >= 4 is 11.6 Å². The van der Waals surface area contributed by atoms with Crippen molar-refractivity contribution in [1.29, 1.82) is 0 Å². The van der Waals surface area contributed by atoms with Crippen molar-refractivity contribution in [2.24, 2.45) is 0 Å². The van der Waals surface area contributed by atoms with Gasteiger partial charge >= 0.3 is 0 Å². The molecule has 4 nitrogen and oxygen atoms in total. The number of anilines is 1. The summed E-state index contributed by atoms with van der Waals surface area (Å²) < 4.78 is 5.89. The van der Waals surface area contributed by atoms with Crippen molar-refractivity contribution in [2.45, 2.75) is 51.7 Å². The highest BCUT2D eigenvalue weighted by Gasteiger charge is 2.23. The van der Waals surface area contributed by atoms with Crippen LogP contribution in [0.5, 0.6) is 0 Å². The summed E-state index contributed by atoms with van der Waals surface area (Å²) in [6.45, 7) is 5.48. The van der Waals surface area contributed by atoms with Gasteiger partial charge in [0.05, 0.1) is 6.10 Å². The van der Waals surface area contributed by atoms with Crippen LogP contribution in [0.1, 0.15) is 38.7 Å². The van der Waals surface area contributed by atoms with Crippen molar-refractivity contribution in [3.63, 3.8) is 0 Å². The summed E-state index contributed by atoms with van der Waals surface area (Å²) in [5.74, 6) is -0.00929. The number of para-hydroxylation sites is 1. The van der Waals surface area contributed by atoms with E-state index in [2.05, 4.69) is 29.7 Å². The first-order chi connectivity index (χ1) is 10.2. The van der Waals surface area contributed by atoms with Gasteiger partial charge in [0.25, 0.3) is 0 Å². The van der Waals surface area contributed by atoms with Gasteiger partial charge in [-0.1, -0.05) is 38.0 Å². The second-order valence-electron chi connectivity index (χ2n) is 5.64. The van der Waals surface area contributed by atoms with Crippen molar-refractivity contribution in [3.8, 4) is 0 Å². The number of ether oxygens (including phenoxy) is 1. The van der Waals surface area contributed by atoms with Crippen LogP contribution in [0.25, 0.3) is 0 Å². The molecule has 0 saturated heterocycles. The average Bonchev–Trinajstić information content (AvgIpc) is 2.51. The Hall–Kier alpha value is -1.55. The van der Waals surface area contributed by atoms with Gasteiger partial charge in [-0.15, -0.1) is 0 Å². The minimum absolute atomic E-state index is 0.00929. The second kappa shape index (κ2) is 8.03. The van der Waals surface area contributed by atoms with E-state index in [0.717, 1.165) is 38.8 Å². The zero-order valence-corrected chi connectivity index (χ0v) is 13.0. The first-order valence-electron chi connectivity index (χ1n) is 7.95. The topological polar surface area (TPSA) is 50.4 Å². The van der Waals surface area contributed by atoms with Crippen molar-refractivity contribution in [1.82, 2.24) is 5.32 Å². The predicted molar refractivity (Wildman–Crippen MR) is 85.5 cm³/mol. The smallest absolute Gasteiger partial charge is 0.248 e. The van der Waals surface area contributed by atoms with Gasteiger partial charge in [0, 0.05) is 25.2 Å². The predicted octanol–water partition coefficient (Wildman–Crippen LogP) is 2.73. The summed E-state index contributed by atoms with van der Waals surface area (Å²) in [4.78, 5) is 12.0. The highest BCUT2D eigenvalue weighted by molar-refractivity contribution is 5.80. The Kier molecular flexibility index (Phi) is 6.05. The molecule has 1 amide bonds. The lowest BCUT2D eigenvalue weighted by atomic mass is 10.0. The number of unbranched alkanes of at least 4 members (excludes halogenated alkanes) is 2. The molecule has 1 aromatic rings. The van der Waals surface area contributed by atoms with Crippen LogP contribution in [0.4, 0.5) is 5.69 Å². The molecule has 1 aliphatic rings. The molecule has 4 heteroatoms. The van der Waals surface area contributed by atoms with Crippen LogP contribution < -0.4 is 10.6 Å². The molecule has 0 saturated carbocycles. The zero-order valence-electron chi connectivity index (χ0n) is 13.0. The maximum Gasteiger partial charge on any atom is 0.248 e. The van der Waals surface area contributed by atoms with E-state index in [4.69, 9.17) is 4.74 Å². The molecule has 2 atom stereocenters. The van der Waals surface area contributed by atoms with Crippen LogP contribution >= 0.6 is 0 Å². The van der Waals surface area contributed by atoms with Crippen molar-refractivity contribution < 1.29 is 9.53 Å². The van der Waals surface area contributed by atoms with E-state index < -0.39 is 6.10 Å². The number of nitrogens with one attached hydrogen (secondary N) is 2. The Morgan fingerprint density at radius 3 is 3.05 bits per heavy atom. The second-order valence-corrected chi connectivity index (χ2v) is 5.64. The highest BCUT2D eigenvalue weighted by atomic mass is 16.5. The van der Waals surface area contributed by atoms with Crippen LogP contribution in [0, 0.1) is 0 Å². The van der Waals surface area contributed by atoms with E-state index in [0.29, 0.717) is 0 Å². The molecule has 1 aromatic carbocycles. The quantitative estimate of drug-likeness (QED) is 0.759. The maximum atomic E-state index is 12.0. The first kappa shape index (κ1) is 15.8. The van der Waals surface area contributed by atoms with Crippen LogP contribution in [0.3, 0.4) is 0 Å². The fraction of sp³-hybridized carbons (Fsp3) is 0.588. The molecule has 2 rings (SSSR count). The van der Waals surface area contributed by atoms with Gasteiger partial charge < -0.3 is 15.4 Å². The van der Waals surface area contributed by atoms with Gasteiger partial charge in [0.1, 0.15) is 6.10 Å². The molecule has 2 N–H and O–H groups in total. The van der Waals surface area contributed by atoms with Crippen LogP contribution in [-0.4, -0.2) is 31.2 Å². The van der Waals surface area contributed by atoms with Gasteiger partial charge in [-0.3, -0.25) is 4.79 Å². The SMILES string of the molecule is CCCCCNC(=O)C(C)OC1CNc2ccccc2C1. The van der Waals surface area contributed by atoms with Gasteiger partial charge in [-0.25, -0.2) is 0 Å². The summed E-state index contributed by atoms with van der Waals surface area (Å²) in [6, 6.07) is 8.24. The molecule has 116 valence electrons. The summed E-state index contributed by atoms with van der Waals surface area (Å²) in [7, 11) is 0. The van der Waals surface area contributed by atoms with Crippen LogP contribution in [0.15, 0.2) is 24.3 Å². The number of rotatable bonds is 7. The molecule has 1 heterocycles. The minimum Gasteiger partial charge on any atom is -0.382 e. The first-order valence-corrected chi connectivity index (χ1v) is 7.95. The van der Waals surface area contributed by atoms with Crippen molar-refractivity contribution in [2.75, 3.05) is 18.4 Å². The number of hydrogen-bond donors (Lipinski definition) is 2.